The van der Waals surface area contributed by atoms with Crippen molar-refractivity contribution in [3.8, 4) is 0 Å². The summed E-state index contributed by atoms with van der Waals surface area (Å²) in [7, 11) is 0. The summed E-state index contributed by atoms with van der Waals surface area (Å²) in [6.45, 7) is 1.41. The SMILES string of the molecule is CC(NC(=O)NCc1cccc(Cl)c1F)(C(=O)O)C1CC1. The van der Waals surface area contributed by atoms with E-state index in [0.717, 1.165) is 12.8 Å². The summed E-state index contributed by atoms with van der Waals surface area (Å²) < 4.78 is 13.7. The van der Waals surface area contributed by atoms with Gasteiger partial charge in [-0.2, -0.15) is 0 Å². The highest BCUT2D eigenvalue weighted by Crippen LogP contribution is 2.39. The molecule has 0 spiro atoms. The highest BCUT2D eigenvalue weighted by Gasteiger charge is 2.48. The summed E-state index contributed by atoms with van der Waals surface area (Å²) in [5, 5.41) is 14.1. The Labute approximate surface area is 126 Å². The van der Waals surface area contributed by atoms with Gasteiger partial charge in [0.15, 0.2) is 0 Å². The predicted octanol–water partition coefficient (Wildman–Crippen LogP) is 2.53. The van der Waals surface area contributed by atoms with Crippen molar-refractivity contribution in [3.63, 3.8) is 0 Å². The van der Waals surface area contributed by atoms with Gasteiger partial charge in [0.05, 0.1) is 5.02 Å². The number of carbonyl (C=O) groups excluding carboxylic acids is 1. The summed E-state index contributed by atoms with van der Waals surface area (Å²) in [5.41, 5.74) is -1.06. The van der Waals surface area contributed by atoms with E-state index in [1.165, 1.54) is 19.1 Å². The van der Waals surface area contributed by atoms with Crippen LogP contribution in [0.4, 0.5) is 9.18 Å². The molecule has 1 fully saturated rings. The summed E-state index contributed by atoms with van der Waals surface area (Å²) in [6.07, 6.45) is 1.54. The van der Waals surface area contributed by atoms with Gasteiger partial charge in [0, 0.05) is 12.1 Å². The molecule has 1 saturated carbocycles. The van der Waals surface area contributed by atoms with Crippen molar-refractivity contribution in [3.05, 3.63) is 34.6 Å². The molecule has 2 rings (SSSR count). The second-order valence-corrected chi connectivity index (χ2v) is 5.71. The Bertz CT molecular complexity index is 577. The predicted molar refractivity (Wildman–Crippen MR) is 75.5 cm³/mol. The Morgan fingerprint density at radius 3 is 2.71 bits per heavy atom. The number of halogens is 2. The van der Waals surface area contributed by atoms with Gasteiger partial charge in [-0.15, -0.1) is 0 Å². The summed E-state index contributed by atoms with van der Waals surface area (Å²) in [4.78, 5) is 23.1. The minimum Gasteiger partial charge on any atom is -0.480 e. The molecule has 21 heavy (non-hydrogen) atoms. The molecule has 1 aliphatic rings. The van der Waals surface area contributed by atoms with Gasteiger partial charge in [-0.25, -0.2) is 14.0 Å². The highest BCUT2D eigenvalue weighted by atomic mass is 35.5. The number of benzene rings is 1. The van der Waals surface area contributed by atoms with Gasteiger partial charge in [0.25, 0.3) is 0 Å². The van der Waals surface area contributed by atoms with Gasteiger partial charge in [-0.05, 0) is 31.7 Å². The quantitative estimate of drug-likeness (QED) is 0.781. The third-order valence-electron chi connectivity index (χ3n) is 3.68. The van der Waals surface area contributed by atoms with Crippen molar-refractivity contribution in [1.82, 2.24) is 10.6 Å². The Balaban J connectivity index is 1.96. The van der Waals surface area contributed by atoms with Gasteiger partial charge >= 0.3 is 12.0 Å². The van der Waals surface area contributed by atoms with Crippen LogP contribution < -0.4 is 10.6 Å². The molecule has 1 aromatic carbocycles. The summed E-state index contributed by atoms with van der Waals surface area (Å²) >= 11 is 5.65. The number of nitrogens with one attached hydrogen (secondary N) is 2. The molecule has 7 heteroatoms. The van der Waals surface area contributed by atoms with Crippen molar-refractivity contribution in [2.24, 2.45) is 5.92 Å². The maximum Gasteiger partial charge on any atom is 0.329 e. The topological polar surface area (TPSA) is 78.4 Å². The normalized spacial score (nSPS) is 16.9. The van der Waals surface area contributed by atoms with Crippen molar-refractivity contribution >= 4 is 23.6 Å². The number of rotatable bonds is 5. The number of urea groups is 1. The number of aliphatic carboxylic acids is 1. The fourth-order valence-corrected chi connectivity index (χ4v) is 2.33. The third-order valence-corrected chi connectivity index (χ3v) is 3.97. The van der Waals surface area contributed by atoms with E-state index in [-0.39, 0.29) is 23.0 Å². The van der Waals surface area contributed by atoms with Crippen molar-refractivity contribution < 1.29 is 19.1 Å². The number of carbonyl (C=O) groups is 2. The van der Waals surface area contributed by atoms with Gasteiger partial charge in [-0.3, -0.25) is 0 Å². The Morgan fingerprint density at radius 1 is 1.48 bits per heavy atom. The lowest BCUT2D eigenvalue weighted by Gasteiger charge is -2.26. The second-order valence-electron chi connectivity index (χ2n) is 5.30. The average Bonchev–Trinajstić information content (AvgIpc) is 3.25. The maximum absolute atomic E-state index is 13.7. The second kappa shape index (κ2) is 5.89. The summed E-state index contributed by atoms with van der Waals surface area (Å²) in [6, 6.07) is 3.84. The van der Waals surface area contributed by atoms with Crippen molar-refractivity contribution in [2.75, 3.05) is 0 Å². The van der Waals surface area contributed by atoms with Crippen molar-refractivity contribution in [1.29, 1.82) is 0 Å². The molecule has 2 amide bonds. The van der Waals surface area contributed by atoms with E-state index >= 15 is 0 Å². The fourth-order valence-electron chi connectivity index (χ4n) is 2.13. The van der Waals surface area contributed by atoms with E-state index in [0.29, 0.717) is 0 Å². The van der Waals surface area contributed by atoms with Gasteiger partial charge < -0.3 is 15.7 Å². The zero-order chi connectivity index (χ0) is 15.6. The first-order valence-corrected chi connectivity index (χ1v) is 6.94. The molecule has 1 unspecified atom stereocenters. The Kier molecular flexibility index (Phi) is 4.37. The molecule has 0 saturated heterocycles. The molecule has 0 aromatic heterocycles. The van der Waals surface area contributed by atoms with Gasteiger partial charge in [0.2, 0.25) is 0 Å². The molecule has 0 heterocycles. The monoisotopic (exact) mass is 314 g/mol. The zero-order valence-electron chi connectivity index (χ0n) is 11.5. The van der Waals surface area contributed by atoms with Gasteiger partial charge in [0.1, 0.15) is 11.4 Å². The van der Waals surface area contributed by atoms with Crippen molar-refractivity contribution in [2.45, 2.75) is 31.8 Å². The molecular weight excluding hydrogens is 299 g/mol. The first kappa shape index (κ1) is 15.6. The minimum absolute atomic E-state index is 0.0249. The van der Waals surface area contributed by atoms with Crippen LogP contribution in [0.15, 0.2) is 18.2 Å². The van der Waals surface area contributed by atoms with Crippen LogP contribution in [0, 0.1) is 11.7 Å². The standard InChI is InChI=1S/C14H16ClFN2O3/c1-14(12(19)20,9-5-6-9)18-13(21)17-7-8-3-2-4-10(15)11(8)16/h2-4,9H,5-7H2,1H3,(H,19,20)(H2,17,18,21). The smallest absolute Gasteiger partial charge is 0.329 e. The van der Waals surface area contributed by atoms with Crippen LogP contribution >= 0.6 is 11.6 Å². The fraction of sp³-hybridized carbons (Fsp3) is 0.429. The largest absolute Gasteiger partial charge is 0.480 e. The molecule has 0 bridgehead atoms. The lowest BCUT2D eigenvalue weighted by Crippen LogP contribution is -2.56. The highest BCUT2D eigenvalue weighted by molar-refractivity contribution is 6.30. The van der Waals surface area contributed by atoms with Crippen LogP contribution in [0.25, 0.3) is 0 Å². The molecule has 114 valence electrons. The van der Waals surface area contributed by atoms with E-state index in [1.54, 1.807) is 6.07 Å². The van der Waals surface area contributed by atoms with Crippen LogP contribution in [0.2, 0.25) is 5.02 Å². The number of carboxylic acid groups (broad SMARTS) is 1. The van der Waals surface area contributed by atoms with Gasteiger partial charge in [-0.1, -0.05) is 23.7 Å². The van der Waals surface area contributed by atoms with Crippen LogP contribution in [-0.4, -0.2) is 22.6 Å². The molecule has 0 aliphatic heterocycles. The third kappa shape index (κ3) is 3.44. The number of hydrogen-bond donors (Lipinski definition) is 3. The maximum atomic E-state index is 13.7. The number of carboxylic acids is 1. The van der Waals surface area contributed by atoms with Crippen LogP contribution in [0.5, 0.6) is 0 Å². The van der Waals surface area contributed by atoms with Crippen LogP contribution in [0.1, 0.15) is 25.3 Å². The van der Waals surface area contributed by atoms with E-state index < -0.39 is 23.4 Å². The zero-order valence-corrected chi connectivity index (χ0v) is 12.2. The first-order valence-electron chi connectivity index (χ1n) is 6.57. The Hall–Kier alpha value is -1.82. The molecule has 1 aliphatic carbocycles. The van der Waals surface area contributed by atoms with E-state index in [9.17, 15) is 19.1 Å². The lowest BCUT2D eigenvalue weighted by atomic mass is 9.96. The van der Waals surface area contributed by atoms with Crippen LogP contribution in [0.3, 0.4) is 0 Å². The molecule has 1 atom stereocenters. The molecular formula is C14H16ClFN2O3. The minimum atomic E-state index is -1.29. The summed E-state index contributed by atoms with van der Waals surface area (Å²) in [5.74, 6) is -1.74. The van der Waals surface area contributed by atoms with E-state index in [1.807, 2.05) is 0 Å². The van der Waals surface area contributed by atoms with E-state index in [4.69, 9.17) is 11.6 Å². The lowest BCUT2D eigenvalue weighted by molar-refractivity contribution is -0.144. The van der Waals surface area contributed by atoms with Crippen LogP contribution in [-0.2, 0) is 11.3 Å². The number of hydrogen-bond acceptors (Lipinski definition) is 2. The number of amides is 2. The molecule has 0 radical (unpaired) electrons. The Morgan fingerprint density at radius 2 is 2.14 bits per heavy atom. The van der Waals surface area contributed by atoms with E-state index in [2.05, 4.69) is 10.6 Å². The molecule has 1 aromatic rings. The molecule has 3 N–H and O–H groups in total. The average molecular weight is 315 g/mol. The molecule has 5 nitrogen and oxygen atoms in total. The first-order chi connectivity index (χ1) is 9.84.